The van der Waals surface area contributed by atoms with Gasteiger partial charge in [0.1, 0.15) is 0 Å². The van der Waals surface area contributed by atoms with E-state index in [1.807, 2.05) is 0 Å². The van der Waals surface area contributed by atoms with E-state index in [1.165, 1.54) is 6.08 Å². The van der Waals surface area contributed by atoms with Gasteiger partial charge in [0.2, 0.25) is 0 Å². The smallest absolute Gasteiger partial charge is 0.0485 e. The molecule has 0 aromatic rings. The normalized spacial score (nSPS) is 11.4. The number of hydrogen-bond donors (Lipinski definition) is 3. The molecule has 0 aliphatic rings. The Morgan fingerprint density at radius 2 is 2.38 bits per heavy atom. The number of hydrogen-bond acceptors (Lipinski definition) is 3. The van der Waals surface area contributed by atoms with E-state index in [0.717, 1.165) is 6.21 Å². The molecular weight excluding hydrogens is 104 g/mol. The van der Waals surface area contributed by atoms with Crippen LogP contribution < -0.4 is 5.73 Å². The van der Waals surface area contributed by atoms with E-state index < -0.39 is 0 Å². The summed E-state index contributed by atoms with van der Waals surface area (Å²) in [6.07, 6.45) is 3.01. The summed E-state index contributed by atoms with van der Waals surface area (Å²) in [6, 6.07) is 0. The molecule has 0 spiro atoms. The Labute approximate surface area is 48.3 Å². The van der Waals surface area contributed by atoms with Crippen LogP contribution in [0.25, 0.3) is 0 Å². The van der Waals surface area contributed by atoms with Crippen LogP contribution in [0.1, 0.15) is 6.42 Å². The van der Waals surface area contributed by atoms with Crippen LogP contribution in [-0.2, 0) is 0 Å². The van der Waals surface area contributed by atoms with Crippen molar-refractivity contribution >= 4 is 6.21 Å². The van der Waals surface area contributed by atoms with Gasteiger partial charge in [-0.2, -0.15) is 0 Å². The average Bonchev–Trinajstić information content (AvgIpc) is 1.68. The maximum Gasteiger partial charge on any atom is 0.0485 e. The van der Waals surface area contributed by atoms with Gasteiger partial charge in [0.05, 0.1) is 0 Å². The maximum absolute atomic E-state index is 8.27. The summed E-state index contributed by atoms with van der Waals surface area (Å²) in [4.78, 5) is 0. The van der Waals surface area contributed by atoms with Gasteiger partial charge in [0.15, 0.2) is 0 Å². The van der Waals surface area contributed by atoms with Crippen molar-refractivity contribution in [3.63, 3.8) is 0 Å². The fourth-order valence-corrected chi connectivity index (χ4v) is 0.319. The van der Waals surface area contributed by atoms with Crippen molar-refractivity contribution in [2.24, 2.45) is 5.73 Å². The molecule has 0 atom stereocenters. The lowest BCUT2D eigenvalue weighted by atomic mass is 10.3. The van der Waals surface area contributed by atoms with Crippen molar-refractivity contribution in [2.75, 3.05) is 6.61 Å². The summed E-state index contributed by atoms with van der Waals surface area (Å²) in [5, 5.41) is 14.8. The number of allylic oxidation sites excluding steroid dienone is 1. The second-order valence-corrected chi connectivity index (χ2v) is 1.38. The second kappa shape index (κ2) is 4.33. The molecule has 0 radical (unpaired) electrons. The predicted octanol–water partition coefficient (Wildman–Crippen LogP) is -0.139. The summed E-state index contributed by atoms with van der Waals surface area (Å²) < 4.78 is 0. The van der Waals surface area contributed by atoms with Gasteiger partial charge in [-0.05, 0) is 6.08 Å². The quantitative estimate of drug-likeness (QED) is 0.447. The van der Waals surface area contributed by atoms with Crippen LogP contribution in [0.5, 0.6) is 0 Å². The van der Waals surface area contributed by atoms with Crippen molar-refractivity contribution in [3.8, 4) is 0 Å². The highest BCUT2D eigenvalue weighted by molar-refractivity contribution is 5.68. The third-order valence-corrected chi connectivity index (χ3v) is 0.698. The lowest BCUT2D eigenvalue weighted by molar-refractivity contribution is 0.299. The molecule has 0 bridgehead atoms. The summed E-state index contributed by atoms with van der Waals surface area (Å²) in [5.41, 5.74) is 5.79. The van der Waals surface area contributed by atoms with Gasteiger partial charge in [-0.25, -0.2) is 0 Å². The first-order valence-corrected chi connectivity index (χ1v) is 2.37. The number of nitrogens with one attached hydrogen (secondary N) is 1. The summed E-state index contributed by atoms with van der Waals surface area (Å²) in [7, 11) is 0. The average molecular weight is 114 g/mol. The zero-order chi connectivity index (χ0) is 6.41. The Morgan fingerprint density at radius 3 is 2.75 bits per heavy atom. The van der Waals surface area contributed by atoms with E-state index in [9.17, 15) is 0 Å². The third-order valence-electron chi connectivity index (χ3n) is 0.698. The molecular formula is C5H10N2O. The van der Waals surface area contributed by atoms with Crippen LogP contribution >= 0.6 is 0 Å². The highest BCUT2D eigenvalue weighted by Gasteiger charge is 1.83. The molecule has 0 aliphatic carbocycles. The Bertz CT molecular complexity index is 98.6. The van der Waals surface area contributed by atoms with Crippen molar-refractivity contribution < 1.29 is 5.11 Å². The molecule has 0 fully saturated rings. The topological polar surface area (TPSA) is 70.1 Å². The van der Waals surface area contributed by atoms with Gasteiger partial charge in [-0.1, -0.05) is 0 Å². The van der Waals surface area contributed by atoms with Crippen LogP contribution in [0.3, 0.4) is 0 Å². The molecule has 0 aliphatic heterocycles. The highest BCUT2D eigenvalue weighted by Crippen LogP contribution is 1.86. The van der Waals surface area contributed by atoms with Gasteiger partial charge in [0, 0.05) is 24.9 Å². The van der Waals surface area contributed by atoms with E-state index in [-0.39, 0.29) is 6.61 Å². The van der Waals surface area contributed by atoms with Crippen molar-refractivity contribution in [3.05, 3.63) is 11.8 Å². The first-order chi connectivity index (χ1) is 3.81. The first-order valence-electron chi connectivity index (χ1n) is 2.37. The number of nitrogens with two attached hydrogens (primary N) is 1. The molecule has 8 heavy (non-hydrogen) atoms. The van der Waals surface area contributed by atoms with Crippen LogP contribution in [-0.4, -0.2) is 17.9 Å². The molecule has 0 saturated carbocycles. The van der Waals surface area contributed by atoms with Crippen LogP contribution in [0.2, 0.25) is 0 Å². The number of aliphatic hydroxyl groups is 1. The largest absolute Gasteiger partial charge is 0.402 e. The SMILES string of the molecule is N=C/C=C(\N)CCO. The summed E-state index contributed by atoms with van der Waals surface area (Å²) >= 11 is 0. The van der Waals surface area contributed by atoms with Crippen molar-refractivity contribution in [2.45, 2.75) is 6.42 Å². The first kappa shape index (κ1) is 7.17. The van der Waals surface area contributed by atoms with E-state index in [4.69, 9.17) is 16.2 Å². The summed E-state index contributed by atoms with van der Waals surface area (Å²) in [6.45, 7) is 0.0518. The van der Waals surface area contributed by atoms with E-state index in [0.29, 0.717) is 12.1 Å². The molecule has 0 aromatic carbocycles. The molecule has 3 heteroatoms. The van der Waals surface area contributed by atoms with E-state index >= 15 is 0 Å². The van der Waals surface area contributed by atoms with Gasteiger partial charge in [0.25, 0.3) is 0 Å². The third kappa shape index (κ3) is 3.36. The van der Waals surface area contributed by atoms with Crippen molar-refractivity contribution in [1.29, 1.82) is 5.41 Å². The van der Waals surface area contributed by atoms with E-state index in [1.54, 1.807) is 0 Å². The molecule has 0 unspecified atom stereocenters. The zero-order valence-corrected chi connectivity index (χ0v) is 4.59. The Morgan fingerprint density at radius 1 is 1.75 bits per heavy atom. The Kier molecular flexibility index (Phi) is 3.88. The lowest BCUT2D eigenvalue weighted by Gasteiger charge is -1.91. The Hall–Kier alpha value is -0.830. The molecule has 0 rings (SSSR count). The monoisotopic (exact) mass is 114 g/mol. The van der Waals surface area contributed by atoms with Crippen LogP contribution in [0.4, 0.5) is 0 Å². The number of aliphatic hydroxyl groups excluding tert-OH is 1. The molecule has 46 valence electrons. The molecule has 0 amide bonds. The van der Waals surface area contributed by atoms with Gasteiger partial charge in [-0.3, -0.25) is 0 Å². The van der Waals surface area contributed by atoms with Crippen molar-refractivity contribution in [1.82, 2.24) is 0 Å². The molecule has 0 heterocycles. The molecule has 3 nitrogen and oxygen atoms in total. The lowest BCUT2D eigenvalue weighted by Crippen LogP contribution is -1.99. The molecule has 0 saturated heterocycles. The molecule has 4 N–H and O–H groups in total. The summed E-state index contributed by atoms with van der Waals surface area (Å²) in [5.74, 6) is 0. The standard InChI is InChI=1S/C5H10N2O/c6-3-1-5(7)2-4-8/h1,3,6,8H,2,4,7H2/b5-1-,6-3?. The van der Waals surface area contributed by atoms with Gasteiger partial charge >= 0.3 is 0 Å². The maximum atomic E-state index is 8.27. The van der Waals surface area contributed by atoms with E-state index in [2.05, 4.69) is 0 Å². The fourth-order valence-electron chi connectivity index (χ4n) is 0.319. The fraction of sp³-hybridized carbons (Fsp3) is 0.400. The number of rotatable bonds is 3. The minimum absolute atomic E-state index is 0.0518. The molecule has 0 aromatic heterocycles. The minimum atomic E-state index is 0.0518. The highest BCUT2D eigenvalue weighted by atomic mass is 16.3. The minimum Gasteiger partial charge on any atom is -0.402 e. The predicted molar refractivity (Wildman–Crippen MR) is 32.8 cm³/mol. The van der Waals surface area contributed by atoms with Crippen LogP contribution in [0, 0.1) is 5.41 Å². The van der Waals surface area contributed by atoms with Gasteiger partial charge < -0.3 is 16.2 Å². The van der Waals surface area contributed by atoms with Crippen LogP contribution in [0.15, 0.2) is 11.8 Å². The second-order valence-electron chi connectivity index (χ2n) is 1.38. The van der Waals surface area contributed by atoms with Gasteiger partial charge in [-0.15, -0.1) is 0 Å². The zero-order valence-electron chi connectivity index (χ0n) is 4.59. The Balaban J connectivity index is 3.44.